The Morgan fingerprint density at radius 2 is 1.61 bits per heavy atom. The van der Waals surface area contributed by atoms with E-state index in [4.69, 9.17) is 16.3 Å². The summed E-state index contributed by atoms with van der Waals surface area (Å²) < 4.78 is 31.1. The van der Waals surface area contributed by atoms with Gasteiger partial charge >= 0.3 is 5.97 Å². The highest BCUT2D eigenvalue weighted by molar-refractivity contribution is 7.89. The largest absolute Gasteiger partial charge is 0.444 e. The zero-order chi connectivity index (χ0) is 24.2. The summed E-state index contributed by atoms with van der Waals surface area (Å²) in [5.74, 6) is -1.32. The number of amides is 1. The van der Waals surface area contributed by atoms with Gasteiger partial charge in [0.15, 0.2) is 0 Å². The first kappa shape index (κ1) is 24.4. The Balaban J connectivity index is 1.84. The zero-order valence-electron chi connectivity index (χ0n) is 18.3. The van der Waals surface area contributed by atoms with Crippen molar-refractivity contribution in [3.8, 4) is 0 Å². The molecule has 1 unspecified atom stereocenters. The van der Waals surface area contributed by atoms with Crippen molar-refractivity contribution in [2.75, 3.05) is 19.4 Å². The maximum atomic E-state index is 13.0. The van der Waals surface area contributed by atoms with Crippen molar-refractivity contribution in [1.82, 2.24) is 4.31 Å². The minimum Gasteiger partial charge on any atom is -0.444 e. The highest BCUT2D eigenvalue weighted by Gasteiger charge is 2.26. The monoisotopic (exact) mass is 486 g/mol. The highest BCUT2D eigenvalue weighted by atomic mass is 35.5. The first-order valence-electron chi connectivity index (χ1n) is 9.95. The summed E-state index contributed by atoms with van der Waals surface area (Å²) in [5, 5.41) is 3.22. The van der Waals surface area contributed by atoms with E-state index >= 15 is 0 Å². The number of sulfonamides is 1. The number of esters is 1. The van der Waals surface area contributed by atoms with Crippen molar-refractivity contribution in [3.63, 3.8) is 0 Å². The Morgan fingerprint density at radius 3 is 2.18 bits per heavy atom. The average molecular weight is 487 g/mol. The number of aryl methyl sites for hydroxylation is 1. The topological polar surface area (TPSA) is 92.8 Å². The van der Waals surface area contributed by atoms with Crippen molar-refractivity contribution in [2.45, 2.75) is 17.9 Å². The summed E-state index contributed by atoms with van der Waals surface area (Å²) in [6.45, 7) is 1.84. The fourth-order valence-electron chi connectivity index (χ4n) is 2.93. The number of nitrogens with zero attached hydrogens (tertiary/aromatic N) is 1. The second-order valence-corrected chi connectivity index (χ2v) is 10.0. The van der Waals surface area contributed by atoms with Crippen LogP contribution in [0.1, 0.15) is 27.6 Å². The molecular weight excluding hydrogens is 464 g/mol. The maximum absolute atomic E-state index is 13.0. The van der Waals surface area contributed by atoms with Crippen molar-refractivity contribution < 1.29 is 22.7 Å². The van der Waals surface area contributed by atoms with Crippen LogP contribution in [0.25, 0.3) is 0 Å². The van der Waals surface area contributed by atoms with Gasteiger partial charge in [-0.25, -0.2) is 17.5 Å². The van der Waals surface area contributed by atoms with Gasteiger partial charge in [-0.15, -0.1) is 0 Å². The second kappa shape index (κ2) is 10.2. The first-order chi connectivity index (χ1) is 15.6. The molecule has 0 saturated heterocycles. The molecular formula is C24H23ClN2O5S. The molecule has 172 valence electrons. The van der Waals surface area contributed by atoms with Gasteiger partial charge < -0.3 is 10.1 Å². The lowest BCUT2D eigenvalue weighted by Gasteiger charge is -2.18. The Hall–Kier alpha value is -3.20. The third kappa shape index (κ3) is 5.78. The maximum Gasteiger partial charge on any atom is 0.339 e. The Kier molecular flexibility index (Phi) is 7.53. The summed E-state index contributed by atoms with van der Waals surface area (Å²) in [5.41, 5.74) is 1.92. The summed E-state index contributed by atoms with van der Waals surface area (Å²) in [6, 6.07) is 19.0. The normalized spacial score (nSPS) is 12.3. The van der Waals surface area contributed by atoms with Crippen molar-refractivity contribution >= 4 is 39.2 Å². The molecule has 33 heavy (non-hydrogen) atoms. The van der Waals surface area contributed by atoms with Gasteiger partial charge in [0.1, 0.15) is 0 Å². The summed E-state index contributed by atoms with van der Waals surface area (Å²) >= 11 is 6.14. The van der Waals surface area contributed by atoms with Crippen LogP contribution in [0.5, 0.6) is 0 Å². The van der Waals surface area contributed by atoms with E-state index in [2.05, 4.69) is 5.32 Å². The van der Waals surface area contributed by atoms with Crippen LogP contribution in [0.3, 0.4) is 0 Å². The van der Waals surface area contributed by atoms with E-state index in [0.29, 0.717) is 16.3 Å². The minimum absolute atomic E-state index is 0.0395. The van der Waals surface area contributed by atoms with Crippen LogP contribution in [-0.4, -0.2) is 38.7 Å². The van der Waals surface area contributed by atoms with Gasteiger partial charge in [0.25, 0.3) is 5.91 Å². The molecule has 3 aromatic rings. The summed E-state index contributed by atoms with van der Waals surface area (Å²) in [4.78, 5) is 25.9. The quantitative estimate of drug-likeness (QED) is 0.498. The molecule has 0 aromatic heterocycles. The molecule has 0 saturated carbocycles. The highest BCUT2D eigenvalue weighted by Crippen LogP contribution is 2.25. The second-order valence-electron chi connectivity index (χ2n) is 7.46. The number of carbonyl (C=O) groups excluding carboxylic acids is 2. The van der Waals surface area contributed by atoms with Crippen LogP contribution in [0.4, 0.5) is 5.69 Å². The predicted octanol–water partition coefficient (Wildman–Crippen LogP) is 4.44. The van der Waals surface area contributed by atoms with Crippen molar-refractivity contribution in [2.24, 2.45) is 0 Å². The number of benzene rings is 3. The van der Waals surface area contributed by atoms with Crippen molar-refractivity contribution in [3.05, 3.63) is 94.5 Å². The number of anilines is 1. The van der Waals surface area contributed by atoms with E-state index in [-0.39, 0.29) is 10.5 Å². The molecule has 7 nitrogen and oxygen atoms in total. The van der Waals surface area contributed by atoms with E-state index in [9.17, 15) is 18.0 Å². The average Bonchev–Trinajstić information content (AvgIpc) is 2.80. The molecule has 0 fully saturated rings. The van der Waals surface area contributed by atoms with E-state index in [1.807, 2.05) is 6.92 Å². The van der Waals surface area contributed by atoms with Gasteiger partial charge in [-0.2, -0.15) is 0 Å². The van der Waals surface area contributed by atoms with Crippen molar-refractivity contribution in [1.29, 1.82) is 0 Å². The van der Waals surface area contributed by atoms with E-state index < -0.39 is 28.0 Å². The molecule has 0 aliphatic heterocycles. The first-order valence-corrected chi connectivity index (χ1v) is 11.8. The Morgan fingerprint density at radius 1 is 0.970 bits per heavy atom. The van der Waals surface area contributed by atoms with Gasteiger partial charge in [0.05, 0.1) is 10.5 Å². The lowest BCUT2D eigenvalue weighted by molar-refractivity contribution is -0.125. The van der Waals surface area contributed by atoms with Crippen LogP contribution in [0, 0.1) is 6.92 Å². The smallest absolute Gasteiger partial charge is 0.339 e. The minimum atomic E-state index is -3.63. The van der Waals surface area contributed by atoms with Crippen LogP contribution in [-0.2, 0) is 19.6 Å². The summed E-state index contributed by atoms with van der Waals surface area (Å²) in [6.07, 6.45) is -1.23. The van der Waals surface area contributed by atoms with Gasteiger partial charge in [-0.05, 0) is 48.9 Å². The fraction of sp³-hybridized carbons (Fsp3) is 0.167. The molecule has 3 rings (SSSR count). The number of carbonyl (C=O) groups is 2. The molecule has 9 heteroatoms. The third-order valence-electron chi connectivity index (χ3n) is 4.87. The molecule has 1 atom stereocenters. The molecule has 0 heterocycles. The number of nitrogens with one attached hydrogen (secondary N) is 1. The van der Waals surface area contributed by atoms with Crippen LogP contribution >= 0.6 is 11.6 Å². The Bertz CT molecular complexity index is 1260. The molecule has 0 aliphatic rings. The SMILES string of the molecule is Cc1ccc(NC(=O)C(OC(=O)c2ccc(S(=O)(=O)N(C)C)cc2)c2ccccc2)cc1Cl. The van der Waals surface area contributed by atoms with Gasteiger partial charge in [-0.1, -0.05) is 48.0 Å². The third-order valence-corrected chi connectivity index (χ3v) is 7.11. The number of rotatable bonds is 7. The molecule has 1 N–H and O–H groups in total. The lowest BCUT2D eigenvalue weighted by atomic mass is 10.1. The number of hydrogen-bond donors (Lipinski definition) is 1. The zero-order valence-corrected chi connectivity index (χ0v) is 19.9. The van der Waals surface area contributed by atoms with E-state index in [1.165, 1.54) is 38.4 Å². The molecule has 1 amide bonds. The van der Waals surface area contributed by atoms with Crippen LogP contribution < -0.4 is 5.32 Å². The number of halogens is 1. The molecule has 0 aliphatic carbocycles. The summed E-state index contributed by atoms with van der Waals surface area (Å²) in [7, 11) is -0.797. The Labute approximate surface area is 198 Å². The van der Waals surface area contributed by atoms with Crippen LogP contribution in [0.2, 0.25) is 5.02 Å². The number of hydrogen-bond acceptors (Lipinski definition) is 5. The van der Waals surface area contributed by atoms with Gasteiger partial charge in [0, 0.05) is 30.4 Å². The molecule has 3 aromatic carbocycles. The fourth-order valence-corrected chi connectivity index (χ4v) is 4.01. The molecule has 0 bridgehead atoms. The van der Waals surface area contributed by atoms with Gasteiger partial charge in [-0.3, -0.25) is 4.79 Å². The van der Waals surface area contributed by atoms with Crippen LogP contribution in [0.15, 0.2) is 77.7 Å². The number of ether oxygens (including phenoxy) is 1. The standard InChI is InChI=1S/C24H23ClN2O5S/c1-16-9-12-19(15-21(16)25)26-23(28)22(17-7-5-4-6-8-17)32-24(29)18-10-13-20(14-11-18)33(30,31)27(2)3/h4-15,22H,1-3H3,(H,26,28). The lowest BCUT2D eigenvalue weighted by Crippen LogP contribution is -2.26. The molecule has 0 spiro atoms. The van der Waals surface area contributed by atoms with E-state index in [0.717, 1.165) is 9.87 Å². The van der Waals surface area contributed by atoms with E-state index in [1.54, 1.807) is 48.5 Å². The predicted molar refractivity (Wildman–Crippen MR) is 127 cm³/mol. The van der Waals surface area contributed by atoms with Gasteiger partial charge in [0.2, 0.25) is 16.1 Å². The molecule has 0 radical (unpaired) electrons.